The summed E-state index contributed by atoms with van der Waals surface area (Å²) in [5.74, 6) is 0.620. The van der Waals surface area contributed by atoms with Crippen LogP contribution in [0, 0.1) is 5.92 Å². The molecule has 0 aromatic carbocycles. The van der Waals surface area contributed by atoms with Gasteiger partial charge in [0.1, 0.15) is 0 Å². The van der Waals surface area contributed by atoms with Gasteiger partial charge >= 0.3 is 0 Å². The fourth-order valence-electron chi connectivity index (χ4n) is 1.73. The Morgan fingerprint density at radius 1 is 1.47 bits per heavy atom. The molecular weight excluding hydrogens is 216 g/mol. The Bertz CT molecular complexity index is 521. The second kappa shape index (κ2) is 3.37. The zero-order chi connectivity index (χ0) is 11.1. The van der Waals surface area contributed by atoms with Crippen molar-refractivity contribution in [2.75, 3.05) is 17.2 Å². The van der Waals surface area contributed by atoms with Crippen LogP contribution < -0.4 is 11.2 Å². The molecule has 2 N–H and O–H groups in total. The molecule has 6 heteroatoms. The minimum Gasteiger partial charge on any atom is -0.394 e. The maximum atomic E-state index is 11.0. The molecule has 0 aliphatic carbocycles. The summed E-state index contributed by atoms with van der Waals surface area (Å²) >= 11 is 0. The minimum atomic E-state index is -2.78. The summed E-state index contributed by atoms with van der Waals surface area (Å²) in [4.78, 5) is 11.0. The molecule has 1 aliphatic rings. The molecule has 2 heterocycles. The Labute approximate surface area is 87.4 Å². The third-order valence-electron chi connectivity index (χ3n) is 2.46. The number of hydrogen-bond acceptors (Lipinski definition) is 4. The first kappa shape index (κ1) is 10.2. The molecular formula is C9H12N2O3S. The first-order valence-electron chi connectivity index (χ1n) is 4.62. The van der Waals surface area contributed by atoms with Crippen LogP contribution in [-0.2, 0) is 16.4 Å². The largest absolute Gasteiger partial charge is 0.394 e. The highest BCUT2D eigenvalue weighted by Gasteiger charge is 2.33. The van der Waals surface area contributed by atoms with E-state index in [0.29, 0.717) is 6.54 Å². The summed E-state index contributed by atoms with van der Waals surface area (Å²) in [6.07, 6.45) is 3.18. The van der Waals surface area contributed by atoms with Gasteiger partial charge in [0.15, 0.2) is 9.84 Å². The summed E-state index contributed by atoms with van der Waals surface area (Å²) in [5, 5.41) is 0. The number of pyridine rings is 1. The van der Waals surface area contributed by atoms with Crippen LogP contribution in [0.1, 0.15) is 0 Å². The molecule has 1 aliphatic heterocycles. The van der Waals surface area contributed by atoms with Crippen molar-refractivity contribution in [3.05, 3.63) is 28.7 Å². The third-order valence-corrected chi connectivity index (χ3v) is 4.41. The molecule has 1 fully saturated rings. The van der Waals surface area contributed by atoms with E-state index in [4.69, 9.17) is 5.73 Å². The van der Waals surface area contributed by atoms with Gasteiger partial charge in [0.2, 0.25) is 5.43 Å². The van der Waals surface area contributed by atoms with Gasteiger partial charge in [0.25, 0.3) is 0 Å². The number of nitrogen functional groups attached to an aromatic ring is 1. The number of rotatable bonds is 2. The van der Waals surface area contributed by atoms with Crippen LogP contribution in [0.15, 0.2) is 23.3 Å². The van der Waals surface area contributed by atoms with E-state index < -0.39 is 9.84 Å². The van der Waals surface area contributed by atoms with Crippen molar-refractivity contribution in [3.63, 3.8) is 0 Å². The molecule has 0 saturated carbocycles. The molecule has 5 nitrogen and oxygen atoms in total. The summed E-state index contributed by atoms with van der Waals surface area (Å²) in [6, 6.07) is 1.39. The van der Waals surface area contributed by atoms with E-state index in [0.717, 1.165) is 0 Å². The molecule has 2 rings (SSSR count). The van der Waals surface area contributed by atoms with E-state index in [2.05, 4.69) is 0 Å². The van der Waals surface area contributed by atoms with Gasteiger partial charge in [-0.1, -0.05) is 0 Å². The van der Waals surface area contributed by atoms with Gasteiger partial charge in [0, 0.05) is 30.9 Å². The van der Waals surface area contributed by atoms with Crippen molar-refractivity contribution < 1.29 is 8.42 Å². The maximum Gasteiger partial charge on any atom is 0.204 e. The average molecular weight is 228 g/mol. The second-order valence-electron chi connectivity index (χ2n) is 3.90. The summed E-state index contributed by atoms with van der Waals surface area (Å²) in [7, 11) is -2.78. The van der Waals surface area contributed by atoms with E-state index >= 15 is 0 Å². The number of nitrogens with two attached hydrogens (primary N) is 1. The smallest absolute Gasteiger partial charge is 0.204 e. The zero-order valence-electron chi connectivity index (χ0n) is 8.09. The molecule has 82 valence electrons. The van der Waals surface area contributed by atoms with Gasteiger partial charge in [0.05, 0.1) is 17.2 Å². The van der Waals surface area contributed by atoms with Gasteiger partial charge in [-0.05, 0) is 0 Å². The van der Waals surface area contributed by atoms with E-state index in [-0.39, 0.29) is 28.5 Å². The lowest BCUT2D eigenvalue weighted by atomic mass is 10.2. The number of anilines is 1. The summed E-state index contributed by atoms with van der Waals surface area (Å²) in [5.41, 5.74) is 5.45. The summed E-state index contributed by atoms with van der Waals surface area (Å²) < 4.78 is 23.6. The van der Waals surface area contributed by atoms with Crippen molar-refractivity contribution in [1.82, 2.24) is 4.57 Å². The molecule has 0 radical (unpaired) electrons. The number of hydrogen-bond donors (Lipinski definition) is 1. The quantitative estimate of drug-likeness (QED) is 0.738. The van der Waals surface area contributed by atoms with Gasteiger partial charge in [-0.3, -0.25) is 4.79 Å². The van der Waals surface area contributed by atoms with Crippen LogP contribution >= 0.6 is 0 Å². The number of nitrogens with zero attached hydrogens (tertiary/aromatic N) is 1. The molecule has 1 saturated heterocycles. The molecule has 15 heavy (non-hydrogen) atoms. The van der Waals surface area contributed by atoms with Crippen LogP contribution in [-0.4, -0.2) is 24.5 Å². The topological polar surface area (TPSA) is 82.2 Å². The van der Waals surface area contributed by atoms with Gasteiger partial charge in [-0.15, -0.1) is 0 Å². The highest BCUT2D eigenvalue weighted by atomic mass is 32.2. The molecule has 0 amide bonds. The molecule has 1 aromatic rings. The Balaban J connectivity index is 2.07. The van der Waals surface area contributed by atoms with E-state index in [9.17, 15) is 13.2 Å². The molecule has 1 aromatic heterocycles. The van der Waals surface area contributed by atoms with Crippen molar-refractivity contribution in [1.29, 1.82) is 0 Å². The van der Waals surface area contributed by atoms with Crippen LogP contribution in [0.2, 0.25) is 0 Å². The minimum absolute atomic E-state index is 0.150. The lowest BCUT2D eigenvalue weighted by molar-refractivity contribution is 0.466. The van der Waals surface area contributed by atoms with Crippen molar-refractivity contribution in [2.45, 2.75) is 6.54 Å². The van der Waals surface area contributed by atoms with Crippen LogP contribution in [0.5, 0.6) is 0 Å². The van der Waals surface area contributed by atoms with Gasteiger partial charge in [-0.2, -0.15) is 0 Å². The predicted octanol–water partition coefficient (Wildman–Crippen LogP) is -0.525. The Kier molecular flexibility index (Phi) is 2.30. The Morgan fingerprint density at radius 2 is 2.13 bits per heavy atom. The lowest BCUT2D eigenvalue weighted by Crippen LogP contribution is -2.39. The fourth-order valence-corrected chi connectivity index (χ4v) is 3.28. The maximum absolute atomic E-state index is 11.0. The van der Waals surface area contributed by atoms with Crippen LogP contribution in [0.25, 0.3) is 0 Å². The fraction of sp³-hybridized carbons (Fsp3) is 0.444. The van der Waals surface area contributed by atoms with Crippen LogP contribution in [0.3, 0.4) is 0 Å². The Morgan fingerprint density at radius 3 is 2.67 bits per heavy atom. The van der Waals surface area contributed by atoms with E-state index in [1.54, 1.807) is 17.0 Å². The normalized spacial score (nSPS) is 19.7. The highest BCUT2D eigenvalue weighted by Crippen LogP contribution is 2.19. The molecule has 0 spiro atoms. The SMILES string of the molecule is Nc1cn(CC2CS(=O)(=O)C2)ccc1=O. The third kappa shape index (κ3) is 2.20. The van der Waals surface area contributed by atoms with Crippen molar-refractivity contribution in [2.24, 2.45) is 5.92 Å². The molecule has 0 bridgehead atoms. The Hall–Kier alpha value is -1.30. The monoisotopic (exact) mass is 228 g/mol. The standard InChI is InChI=1S/C9H12N2O3S/c10-8-4-11(2-1-9(8)12)3-7-5-15(13,14)6-7/h1-2,4,7H,3,5-6,10H2. The zero-order valence-corrected chi connectivity index (χ0v) is 8.90. The first-order chi connectivity index (χ1) is 6.96. The van der Waals surface area contributed by atoms with E-state index in [1.807, 2.05) is 0 Å². The molecule has 0 unspecified atom stereocenters. The lowest BCUT2D eigenvalue weighted by Gasteiger charge is -2.26. The van der Waals surface area contributed by atoms with Crippen molar-refractivity contribution in [3.8, 4) is 0 Å². The van der Waals surface area contributed by atoms with Gasteiger partial charge in [-0.25, -0.2) is 8.42 Å². The molecule has 0 atom stereocenters. The highest BCUT2D eigenvalue weighted by molar-refractivity contribution is 7.92. The number of aromatic nitrogens is 1. The first-order valence-corrected chi connectivity index (χ1v) is 6.44. The van der Waals surface area contributed by atoms with Crippen molar-refractivity contribution >= 4 is 15.5 Å². The second-order valence-corrected chi connectivity index (χ2v) is 6.06. The van der Waals surface area contributed by atoms with Gasteiger partial charge < -0.3 is 10.3 Å². The van der Waals surface area contributed by atoms with Crippen LogP contribution in [0.4, 0.5) is 5.69 Å². The van der Waals surface area contributed by atoms with E-state index in [1.165, 1.54) is 6.07 Å². The predicted molar refractivity (Wildman–Crippen MR) is 57.3 cm³/mol. The average Bonchev–Trinajstić information content (AvgIpc) is 2.08. The summed E-state index contributed by atoms with van der Waals surface area (Å²) in [6.45, 7) is 0.601. The number of sulfone groups is 1.